The summed E-state index contributed by atoms with van der Waals surface area (Å²) in [4.78, 5) is 25.3. The van der Waals surface area contributed by atoms with Crippen molar-refractivity contribution in [3.8, 4) is 0 Å². The Morgan fingerprint density at radius 1 is 0.525 bits per heavy atom. The topological polar surface area (TPSA) is 152 Å². The van der Waals surface area contributed by atoms with Crippen LogP contribution in [0.25, 0.3) is 0 Å². The molecule has 1 heterocycles. The molecule has 10 heteroatoms. The molecular weight excluding hydrogens is 773 g/mol. The van der Waals surface area contributed by atoms with Crippen molar-refractivity contribution in [1.29, 1.82) is 0 Å². The first-order chi connectivity index (χ1) is 29.8. The first kappa shape index (κ1) is 55.9. The number of ether oxygens (including phenoxy) is 4. The molecular formula is C51H84O10. The quantitative estimate of drug-likeness (QED) is 0.0268. The smallest absolute Gasteiger partial charge is 0.306 e. The average Bonchev–Trinajstić information content (AvgIpc) is 3.26. The lowest BCUT2D eigenvalue weighted by molar-refractivity contribution is -0.305. The van der Waals surface area contributed by atoms with Gasteiger partial charge in [0, 0.05) is 12.8 Å². The molecule has 2 unspecified atom stereocenters. The summed E-state index contributed by atoms with van der Waals surface area (Å²) in [6, 6.07) is 0. The number of hydrogen-bond donors (Lipinski definition) is 4. The van der Waals surface area contributed by atoms with Crippen LogP contribution in [0.3, 0.4) is 0 Å². The lowest BCUT2D eigenvalue weighted by Crippen LogP contribution is -2.59. The van der Waals surface area contributed by atoms with Crippen LogP contribution in [0, 0.1) is 0 Å². The Kier molecular flexibility index (Phi) is 37.5. The van der Waals surface area contributed by atoms with E-state index in [1.807, 2.05) is 6.08 Å². The van der Waals surface area contributed by atoms with Gasteiger partial charge < -0.3 is 39.4 Å². The second-order valence-corrected chi connectivity index (χ2v) is 15.8. The van der Waals surface area contributed by atoms with Gasteiger partial charge in [-0.3, -0.25) is 9.59 Å². The molecule has 0 aromatic heterocycles. The first-order valence-electron chi connectivity index (χ1n) is 23.7. The van der Waals surface area contributed by atoms with E-state index in [9.17, 15) is 30.0 Å². The number of allylic oxidation sites excluding steroid dienone is 14. The minimum atomic E-state index is -1.61. The second kappa shape index (κ2) is 40.9. The number of aliphatic hydroxyl groups excluding tert-OH is 4. The summed E-state index contributed by atoms with van der Waals surface area (Å²) in [6.07, 6.45) is 46.0. The second-order valence-electron chi connectivity index (χ2n) is 15.8. The molecule has 1 saturated heterocycles. The summed E-state index contributed by atoms with van der Waals surface area (Å²) in [7, 11) is 0. The highest BCUT2D eigenvalue weighted by Crippen LogP contribution is 2.22. The molecule has 0 saturated carbocycles. The largest absolute Gasteiger partial charge is 0.462 e. The summed E-state index contributed by atoms with van der Waals surface area (Å²) in [6.45, 7) is 3.22. The van der Waals surface area contributed by atoms with Crippen molar-refractivity contribution in [2.75, 3.05) is 19.8 Å². The summed E-state index contributed by atoms with van der Waals surface area (Å²) < 4.78 is 22.1. The van der Waals surface area contributed by atoms with Gasteiger partial charge in [0.15, 0.2) is 12.4 Å². The molecule has 0 amide bonds. The molecule has 6 atom stereocenters. The zero-order valence-corrected chi connectivity index (χ0v) is 37.9. The molecule has 1 rings (SSSR count). The van der Waals surface area contributed by atoms with Crippen LogP contribution in [0.15, 0.2) is 85.1 Å². The predicted molar refractivity (Wildman–Crippen MR) is 247 cm³/mol. The van der Waals surface area contributed by atoms with Crippen molar-refractivity contribution in [3.63, 3.8) is 0 Å². The van der Waals surface area contributed by atoms with Crippen molar-refractivity contribution < 1.29 is 49.0 Å². The molecule has 348 valence electrons. The number of unbranched alkanes of at least 4 members (excludes halogenated alkanes) is 13. The molecule has 0 aromatic carbocycles. The highest BCUT2D eigenvalue weighted by molar-refractivity contribution is 5.70. The molecule has 0 aromatic rings. The van der Waals surface area contributed by atoms with Crippen LogP contribution in [0.1, 0.15) is 168 Å². The minimum Gasteiger partial charge on any atom is -0.462 e. The van der Waals surface area contributed by atoms with Crippen molar-refractivity contribution in [2.45, 2.75) is 205 Å². The van der Waals surface area contributed by atoms with E-state index < -0.39 is 55.4 Å². The molecule has 1 fully saturated rings. The van der Waals surface area contributed by atoms with E-state index in [0.717, 1.165) is 77.0 Å². The maximum Gasteiger partial charge on any atom is 0.306 e. The molecule has 0 bridgehead atoms. The molecule has 61 heavy (non-hydrogen) atoms. The standard InChI is InChI=1S/C51H84O10/c1-3-5-7-9-11-13-15-17-19-20-21-22-23-24-26-27-29-31-33-35-37-39-46(53)58-42-44(43-59-51-50(57)49(56)48(55)45(41-52)61-51)60-47(54)40-38-36-34-32-30-28-25-18-16-14-12-10-8-6-4-2/h6,8,12,14,18-20,22-23,25-27,31,33,44-45,48-52,55-57H,3-5,7,9-11,13,15-17,21,24,28-30,32,34-43H2,1-2H3/b8-6+,14-12+,20-19+,23-22+,25-18+,27-26+,33-31+/t44-,45-,48+,49?,50?,51-/m0/s1. The van der Waals surface area contributed by atoms with Gasteiger partial charge in [-0.15, -0.1) is 0 Å². The van der Waals surface area contributed by atoms with Crippen LogP contribution < -0.4 is 0 Å². The number of rotatable bonds is 38. The van der Waals surface area contributed by atoms with Gasteiger partial charge in [0.2, 0.25) is 0 Å². The van der Waals surface area contributed by atoms with Gasteiger partial charge in [-0.2, -0.15) is 0 Å². The Morgan fingerprint density at radius 3 is 1.51 bits per heavy atom. The molecule has 0 aliphatic carbocycles. The zero-order valence-electron chi connectivity index (χ0n) is 37.9. The number of carbonyl (C=O) groups excluding carboxylic acids is 2. The van der Waals surface area contributed by atoms with Crippen LogP contribution in [0.2, 0.25) is 0 Å². The van der Waals surface area contributed by atoms with Crippen LogP contribution in [-0.2, 0) is 28.5 Å². The number of aliphatic hydroxyl groups is 4. The van der Waals surface area contributed by atoms with Crippen LogP contribution in [0.5, 0.6) is 0 Å². The Balaban J connectivity index is 2.36. The SMILES string of the molecule is CC/C=C/C/C=C/C/C=C/CCCCCCCC(=O)O[C@@H](COC(=O)CCC/C=C/C/C=C/C/C=C/C/C=C/CCCCCCCCC)CO[C@H]1O[C@@H](CO)[C@@H](O)C(O)C1O. The lowest BCUT2D eigenvalue weighted by Gasteiger charge is -2.39. The number of esters is 2. The number of carbonyl (C=O) groups is 2. The van der Waals surface area contributed by atoms with Gasteiger partial charge in [-0.05, 0) is 83.5 Å². The zero-order chi connectivity index (χ0) is 44.4. The Bertz CT molecular complexity index is 1270. The Hall–Kier alpha value is -3.12. The van der Waals surface area contributed by atoms with E-state index in [2.05, 4.69) is 92.8 Å². The van der Waals surface area contributed by atoms with E-state index in [1.165, 1.54) is 51.4 Å². The first-order valence-corrected chi connectivity index (χ1v) is 23.7. The molecule has 4 N–H and O–H groups in total. The van der Waals surface area contributed by atoms with Gasteiger partial charge in [0.1, 0.15) is 31.0 Å². The Morgan fingerprint density at radius 2 is 0.984 bits per heavy atom. The van der Waals surface area contributed by atoms with E-state index >= 15 is 0 Å². The van der Waals surface area contributed by atoms with Crippen molar-refractivity contribution in [2.24, 2.45) is 0 Å². The van der Waals surface area contributed by atoms with Gasteiger partial charge in [-0.25, -0.2) is 0 Å². The van der Waals surface area contributed by atoms with Gasteiger partial charge in [0.25, 0.3) is 0 Å². The molecule has 1 aliphatic heterocycles. The summed E-state index contributed by atoms with van der Waals surface area (Å²) in [5.74, 6) is -0.899. The summed E-state index contributed by atoms with van der Waals surface area (Å²) >= 11 is 0. The highest BCUT2D eigenvalue weighted by Gasteiger charge is 2.44. The molecule has 10 nitrogen and oxygen atoms in total. The van der Waals surface area contributed by atoms with Crippen molar-refractivity contribution in [3.05, 3.63) is 85.1 Å². The minimum absolute atomic E-state index is 0.191. The monoisotopic (exact) mass is 857 g/mol. The fraction of sp³-hybridized carbons (Fsp3) is 0.686. The average molecular weight is 857 g/mol. The number of hydrogen-bond acceptors (Lipinski definition) is 10. The third-order valence-corrected chi connectivity index (χ3v) is 10.3. The van der Waals surface area contributed by atoms with E-state index in [4.69, 9.17) is 18.9 Å². The third-order valence-electron chi connectivity index (χ3n) is 10.3. The molecule has 1 aliphatic rings. The van der Waals surface area contributed by atoms with E-state index in [-0.39, 0.29) is 26.1 Å². The maximum atomic E-state index is 12.8. The highest BCUT2D eigenvalue weighted by atomic mass is 16.7. The third kappa shape index (κ3) is 32.3. The van der Waals surface area contributed by atoms with E-state index in [0.29, 0.717) is 12.8 Å². The summed E-state index contributed by atoms with van der Waals surface area (Å²) in [5, 5.41) is 40.1. The lowest BCUT2D eigenvalue weighted by atomic mass is 9.99. The fourth-order valence-electron chi connectivity index (χ4n) is 6.55. The predicted octanol–water partition coefficient (Wildman–Crippen LogP) is 10.6. The maximum absolute atomic E-state index is 12.8. The molecule has 0 spiro atoms. The van der Waals surface area contributed by atoms with Crippen molar-refractivity contribution in [1.82, 2.24) is 0 Å². The van der Waals surface area contributed by atoms with Crippen molar-refractivity contribution >= 4 is 11.9 Å². The van der Waals surface area contributed by atoms with Crippen LogP contribution in [0.4, 0.5) is 0 Å². The van der Waals surface area contributed by atoms with Gasteiger partial charge in [-0.1, -0.05) is 157 Å². The van der Waals surface area contributed by atoms with E-state index in [1.54, 1.807) is 0 Å². The van der Waals surface area contributed by atoms with Crippen LogP contribution >= 0.6 is 0 Å². The van der Waals surface area contributed by atoms with Gasteiger partial charge >= 0.3 is 11.9 Å². The summed E-state index contributed by atoms with van der Waals surface area (Å²) in [5.41, 5.74) is 0. The van der Waals surface area contributed by atoms with Crippen LogP contribution in [-0.4, -0.2) is 89.0 Å². The Labute approximate surface area is 369 Å². The fourth-order valence-corrected chi connectivity index (χ4v) is 6.55. The normalized spacial score (nSPS) is 20.5. The van der Waals surface area contributed by atoms with Gasteiger partial charge in [0.05, 0.1) is 13.2 Å². The molecule has 0 radical (unpaired) electrons.